The normalized spacial score (nSPS) is 27.9. The highest BCUT2D eigenvalue weighted by Crippen LogP contribution is 2.31. The molecule has 0 bridgehead atoms. The maximum atomic E-state index is 13.7. The van der Waals surface area contributed by atoms with Gasteiger partial charge in [-0.25, -0.2) is 4.39 Å². The number of hydrogen-bond acceptors (Lipinski definition) is 1. The zero-order valence-corrected chi connectivity index (χ0v) is 8.83. The Balaban J connectivity index is 2.24. The molecule has 14 heavy (non-hydrogen) atoms. The first-order valence-corrected chi connectivity index (χ1v) is 5.35. The summed E-state index contributed by atoms with van der Waals surface area (Å²) in [6.07, 6.45) is 3.08. The van der Waals surface area contributed by atoms with E-state index >= 15 is 0 Å². The first-order valence-electron chi connectivity index (χ1n) is 5.35. The van der Waals surface area contributed by atoms with Gasteiger partial charge in [-0.3, -0.25) is 4.68 Å². The van der Waals surface area contributed by atoms with Gasteiger partial charge in [0.25, 0.3) is 0 Å². The summed E-state index contributed by atoms with van der Waals surface area (Å²) < 4.78 is 15.5. The Labute approximate surface area is 84.1 Å². The van der Waals surface area contributed by atoms with Crippen molar-refractivity contribution in [1.29, 1.82) is 0 Å². The molecular formula is C11H17FN2. The molecule has 1 fully saturated rings. The number of nitrogens with zero attached hydrogens (tertiary/aromatic N) is 2. The topological polar surface area (TPSA) is 17.8 Å². The lowest BCUT2D eigenvalue weighted by atomic mass is 9.94. The molecule has 0 radical (unpaired) electrons. The van der Waals surface area contributed by atoms with Gasteiger partial charge in [0, 0.05) is 5.69 Å². The minimum Gasteiger partial charge on any atom is -0.264 e. The summed E-state index contributed by atoms with van der Waals surface area (Å²) in [4.78, 5) is 0. The number of rotatable bonds is 1. The van der Waals surface area contributed by atoms with Crippen LogP contribution in [0.15, 0.2) is 6.07 Å². The van der Waals surface area contributed by atoms with Gasteiger partial charge >= 0.3 is 0 Å². The number of aryl methyl sites for hydroxylation is 2. The summed E-state index contributed by atoms with van der Waals surface area (Å²) in [5.41, 5.74) is 2.07. The third-order valence-electron chi connectivity index (χ3n) is 3.01. The van der Waals surface area contributed by atoms with E-state index in [1.54, 1.807) is 0 Å². The average molecular weight is 196 g/mol. The summed E-state index contributed by atoms with van der Waals surface area (Å²) >= 11 is 0. The quantitative estimate of drug-likeness (QED) is 0.675. The number of alkyl halides is 1. The van der Waals surface area contributed by atoms with Gasteiger partial charge in [0.2, 0.25) is 0 Å². The van der Waals surface area contributed by atoms with E-state index in [1.165, 1.54) is 0 Å². The van der Waals surface area contributed by atoms with Gasteiger partial charge in [-0.05, 0) is 32.8 Å². The van der Waals surface area contributed by atoms with E-state index in [0.29, 0.717) is 6.42 Å². The van der Waals surface area contributed by atoms with E-state index in [9.17, 15) is 4.39 Å². The molecule has 0 aliphatic heterocycles. The van der Waals surface area contributed by atoms with E-state index in [-0.39, 0.29) is 6.04 Å². The van der Waals surface area contributed by atoms with Gasteiger partial charge in [0.1, 0.15) is 6.17 Å². The minimum atomic E-state index is -0.707. The molecule has 0 saturated heterocycles. The van der Waals surface area contributed by atoms with Crippen LogP contribution in [-0.4, -0.2) is 16.0 Å². The van der Waals surface area contributed by atoms with Crippen LogP contribution in [0, 0.1) is 13.8 Å². The largest absolute Gasteiger partial charge is 0.264 e. The summed E-state index contributed by atoms with van der Waals surface area (Å²) in [7, 11) is 0. The van der Waals surface area contributed by atoms with Crippen LogP contribution in [0.3, 0.4) is 0 Å². The molecule has 2 atom stereocenters. The monoisotopic (exact) mass is 196 g/mol. The Kier molecular flexibility index (Phi) is 2.57. The Morgan fingerprint density at radius 2 is 2.07 bits per heavy atom. The zero-order chi connectivity index (χ0) is 10.1. The minimum absolute atomic E-state index is 0.0163. The second kappa shape index (κ2) is 3.71. The molecule has 1 aliphatic rings. The molecule has 0 aromatic carbocycles. The van der Waals surface area contributed by atoms with E-state index in [4.69, 9.17) is 0 Å². The van der Waals surface area contributed by atoms with Crippen LogP contribution in [0.4, 0.5) is 4.39 Å². The molecule has 1 aromatic heterocycles. The third kappa shape index (κ3) is 1.68. The molecule has 2 rings (SSSR count). The van der Waals surface area contributed by atoms with E-state index in [0.717, 1.165) is 30.7 Å². The average Bonchev–Trinajstić information content (AvgIpc) is 2.46. The maximum absolute atomic E-state index is 13.7. The fraction of sp³-hybridized carbons (Fsp3) is 0.727. The predicted octanol–water partition coefficient (Wildman–Crippen LogP) is 2.95. The summed E-state index contributed by atoms with van der Waals surface area (Å²) in [5, 5.41) is 4.36. The number of halogens is 1. The molecule has 78 valence electrons. The molecule has 2 nitrogen and oxygen atoms in total. The Hall–Kier alpha value is -0.860. The van der Waals surface area contributed by atoms with Crippen molar-refractivity contribution in [3.63, 3.8) is 0 Å². The molecule has 1 saturated carbocycles. The van der Waals surface area contributed by atoms with Crippen molar-refractivity contribution in [2.75, 3.05) is 0 Å². The van der Waals surface area contributed by atoms with Gasteiger partial charge in [0.15, 0.2) is 0 Å². The first kappa shape index (κ1) is 9.69. The van der Waals surface area contributed by atoms with Gasteiger partial charge in [-0.2, -0.15) is 5.10 Å². The standard InChI is InChI=1S/C11H17FN2/c1-8-7-9(2)14(13-8)11-6-4-3-5-10(11)12/h7,10-11H,3-6H2,1-2H3/t10-,11-/m1/s1. The fourth-order valence-electron chi connectivity index (χ4n) is 2.32. The van der Waals surface area contributed by atoms with Crippen LogP contribution >= 0.6 is 0 Å². The second-order valence-corrected chi connectivity index (χ2v) is 4.24. The van der Waals surface area contributed by atoms with Crippen LogP contribution in [0.5, 0.6) is 0 Å². The molecule has 1 aliphatic carbocycles. The molecule has 1 heterocycles. The number of aromatic nitrogens is 2. The van der Waals surface area contributed by atoms with Crippen LogP contribution in [0.2, 0.25) is 0 Å². The molecule has 0 spiro atoms. The molecular weight excluding hydrogens is 179 g/mol. The molecule has 0 N–H and O–H groups in total. The van der Waals surface area contributed by atoms with Crippen LogP contribution in [0.1, 0.15) is 43.1 Å². The molecule has 0 unspecified atom stereocenters. The lowest BCUT2D eigenvalue weighted by Crippen LogP contribution is -2.26. The Morgan fingerprint density at radius 1 is 1.36 bits per heavy atom. The van der Waals surface area contributed by atoms with E-state index in [2.05, 4.69) is 5.10 Å². The van der Waals surface area contributed by atoms with Crippen molar-refractivity contribution in [2.24, 2.45) is 0 Å². The SMILES string of the molecule is Cc1cc(C)n([C@@H]2CCCC[C@H]2F)n1. The van der Waals surface area contributed by atoms with Crippen molar-refractivity contribution < 1.29 is 4.39 Å². The highest BCUT2D eigenvalue weighted by molar-refractivity contribution is 5.08. The van der Waals surface area contributed by atoms with Gasteiger partial charge in [-0.15, -0.1) is 0 Å². The maximum Gasteiger partial charge on any atom is 0.122 e. The Morgan fingerprint density at radius 3 is 2.64 bits per heavy atom. The predicted molar refractivity (Wildman–Crippen MR) is 54.1 cm³/mol. The van der Waals surface area contributed by atoms with Crippen molar-refractivity contribution in [2.45, 2.75) is 51.7 Å². The molecule has 3 heteroatoms. The molecule has 0 amide bonds. The second-order valence-electron chi connectivity index (χ2n) is 4.24. The van der Waals surface area contributed by atoms with Crippen LogP contribution in [0.25, 0.3) is 0 Å². The van der Waals surface area contributed by atoms with Gasteiger partial charge in [0.05, 0.1) is 11.7 Å². The van der Waals surface area contributed by atoms with Crippen molar-refractivity contribution >= 4 is 0 Å². The highest BCUT2D eigenvalue weighted by Gasteiger charge is 2.27. The third-order valence-corrected chi connectivity index (χ3v) is 3.01. The van der Waals surface area contributed by atoms with Crippen LogP contribution in [-0.2, 0) is 0 Å². The van der Waals surface area contributed by atoms with Crippen molar-refractivity contribution in [3.8, 4) is 0 Å². The Bertz CT molecular complexity index is 319. The number of hydrogen-bond donors (Lipinski definition) is 0. The van der Waals surface area contributed by atoms with Gasteiger partial charge < -0.3 is 0 Å². The smallest absolute Gasteiger partial charge is 0.122 e. The highest BCUT2D eigenvalue weighted by atomic mass is 19.1. The van der Waals surface area contributed by atoms with Crippen molar-refractivity contribution in [1.82, 2.24) is 9.78 Å². The van der Waals surface area contributed by atoms with Gasteiger partial charge in [-0.1, -0.05) is 12.8 Å². The van der Waals surface area contributed by atoms with E-state index in [1.807, 2.05) is 24.6 Å². The van der Waals surface area contributed by atoms with Crippen molar-refractivity contribution in [3.05, 3.63) is 17.5 Å². The summed E-state index contributed by atoms with van der Waals surface area (Å²) in [6.45, 7) is 3.96. The summed E-state index contributed by atoms with van der Waals surface area (Å²) in [6, 6.07) is 2.00. The van der Waals surface area contributed by atoms with E-state index < -0.39 is 6.17 Å². The lowest BCUT2D eigenvalue weighted by Gasteiger charge is -2.27. The zero-order valence-electron chi connectivity index (χ0n) is 8.83. The fourth-order valence-corrected chi connectivity index (χ4v) is 2.32. The lowest BCUT2D eigenvalue weighted by molar-refractivity contribution is 0.158. The molecule has 1 aromatic rings. The first-order chi connectivity index (χ1) is 6.68. The van der Waals surface area contributed by atoms with Crippen LogP contribution < -0.4 is 0 Å². The summed E-state index contributed by atoms with van der Waals surface area (Å²) in [5.74, 6) is 0.